The molecule has 0 rings (SSSR count). The fraction of sp³-hybridized carbons (Fsp3) is 0.571. The summed E-state index contributed by atoms with van der Waals surface area (Å²) in [6.07, 6.45) is 4.13. The van der Waals surface area contributed by atoms with E-state index in [1.54, 1.807) is 0 Å². The number of hydrogen-bond acceptors (Lipinski definition) is 2. The Balaban J connectivity index is 3.34. The van der Waals surface area contributed by atoms with E-state index in [2.05, 4.69) is 30.7 Å². The Kier molecular flexibility index (Phi) is 5.78. The van der Waals surface area contributed by atoms with Crippen LogP contribution in [-0.2, 0) is 0 Å². The monoisotopic (exact) mass is 173 g/mol. The largest absolute Gasteiger partial charge is 0.358 e. The van der Waals surface area contributed by atoms with Crippen LogP contribution >= 0.6 is 12.2 Å². The van der Waals surface area contributed by atoms with Crippen molar-refractivity contribution in [1.29, 1.82) is 0 Å². The van der Waals surface area contributed by atoms with E-state index in [0.717, 1.165) is 6.54 Å². The van der Waals surface area contributed by atoms with Gasteiger partial charge in [0, 0.05) is 6.54 Å². The van der Waals surface area contributed by atoms with Crippen LogP contribution in [0.25, 0.3) is 0 Å². The molecule has 0 heterocycles. The summed E-state index contributed by atoms with van der Waals surface area (Å²) in [7, 11) is 0. The van der Waals surface area contributed by atoms with Gasteiger partial charge in [0.25, 0.3) is 0 Å². The Labute approximate surface area is 73.0 Å². The van der Waals surface area contributed by atoms with Gasteiger partial charge in [-0.25, -0.2) is 5.84 Å². The van der Waals surface area contributed by atoms with Crippen LogP contribution < -0.4 is 16.6 Å². The minimum absolute atomic E-state index is 0.471. The molecule has 0 radical (unpaired) electrons. The van der Waals surface area contributed by atoms with E-state index < -0.39 is 0 Å². The summed E-state index contributed by atoms with van der Waals surface area (Å²) in [6.45, 7) is 4.97. The van der Waals surface area contributed by atoms with Gasteiger partial charge in [-0.1, -0.05) is 26.0 Å². The SMILES string of the molecule is CC(C)/C=C/CNC(=S)NN. The molecular formula is C7H15N3S. The Morgan fingerprint density at radius 1 is 1.64 bits per heavy atom. The van der Waals surface area contributed by atoms with E-state index >= 15 is 0 Å². The lowest BCUT2D eigenvalue weighted by atomic mass is 10.2. The predicted molar refractivity (Wildman–Crippen MR) is 51.9 cm³/mol. The first kappa shape index (κ1) is 10.4. The smallest absolute Gasteiger partial charge is 0.180 e. The molecule has 0 unspecified atom stereocenters. The van der Waals surface area contributed by atoms with Crippen LogP contribution in [0.15, 0.2) is 12.2 Å². The average molecular weight is 173 g/mol. The van der Waals surface area contributed by atoms with Crippen molar-refractivity contribution in [2.24, 2.45) is 11.8 Å². The molecule has 0 bridgehead atoms. The molecule has 64 valence electrons. The lowest BCUT2D eigenvalue weighted by molar-refractivity contribution is 0.823. The molecule has 4 N–H and O–H groups in total. The molecular weight excluding hydrogens is 158 g/mol. The lowest BCUT2D eigenvalue weighted by Gasteiger charge is -2.02. The maximum atomic E-state index is 5.04. The molecule has 11 heavy (non-hydrogen) atoms. The number of thiocarbonyl (C=S) groups is 1. The van der Waals surface area contributed by atoms with E-state index in [4.69, 9.17) is 18.1 Å². The summed E-state index contributed by atoms with van der Waals surface area (Å²) >= 11 is 4.75. The molecule has 0 aromatic rings. The number of allylic oxidation sites excluding steroid dienone is 1. The molecule has 0 aliphatic heterocycles. The maximum absolute atomic E-state index is 5.04. The summed E-state index contributed by atoms with van der Waals surface area (Å²) in [4.78, 5) is 0. The molecule has 0 aromatic heterocycles. The zero-order valence-corrected chi connectivity index (χ0v) is 7.74. The van der Waals surface area contributed by atoms with Gasteiger partial charge < -0.3 is 10.7 Å². The normalized spacial score (nSPS) is 10.5. The Morgan fingerprint density at radius 3 is 2.73 bits per heavy atom. The number of nitrogens with one attached hydrogen (secondary N) is 2. The first-order valence-corrected chi connectivity index (χ1v) is 3.98. The van der Waals surface area contributed by atoms with E-state index in [1.165, 1.54) is 0 Å². The van der Waals surface area contributed by atoms with Gasteiger partial charge >= 0.3 is 0 Å². The number of hydrogen-bond donors (Lipinski definition) is 3. The van der Waals surface area contributed by atoms with Gasteiger partial charge in [-0.05, 0) is 18.1 Å². The number of rotatable bonds is 3. The van der Waals surface area contributed by atoms with Crippen molar-refractivity contribution in [2.75, 3.05) is 6.54 Å². The molecule has 0 saturated heterocycles. The molecule has 0 fully saturated rings. The van der Waals surface area contributed by atoms with Crippen molar-refractivity contribution in [1.82, 2.24) is 10.7 Å². The summed E-state index contributed by atoms with van der Waals surface area (Å²) in [6, 6.07) is 0. The lowest BCUT2D eigenvalue weighted by Crippen LogP contribution is -2.39. The molecule has 3 nitrogen and oxygen atoms in total. The summed E-state index contributed by atoms with van der Waals surface area (Å²) in [5, 5.41) is 3.37. The van der Waals surface area contributed by atoms with Gasteiger partial charge in [0.05, 0.1) is 0 Å². The Hall–Kier alpha value is -0.610. The average Bonchev–Trinajstić information content (AvgIpc) is 1.97. The fourth-order valence-corrected chi connectivity index (χ4v) is 0.626. The first-order chi connectivity index (χ1) is 5.16. The van der Waals surface area contributed by atoms with Crippen molar-refractivity contribution >= 4 is 17.3 Å². The zero-order chi connectivity index (χ0) is 8.69. The van der Waals surface area contributed by atoms with Gasteiger partial charge in [-0.3, -0.25) is 0 Å². The molecule has 0 amide bonds. The summed E-state index contributed by atoms with van der Waals surface area (Å²) < 4.78 is 0. The molecule has 4 heteroatoms. The second-order valence-electron chi connectivity index (χ2n) is 2.53. The molecule has 0 aromatic carbocycles. The topological polar surface area (TPSA) is 50.1 Å². The fourth-order valence-electron chi connectivity index (χ4n) is 0.543. The highest BCUT2D eigenvalue weighted by molar-refractivity contribution is 7.80. The number of nitrogens with two attached hydrogens (primary N) is 1. The zero-order valence-electron chi connectivity index (χ0n) is 6.92. The van der Waals surface area contributed by atoms with Crippen LogP contribution in [0, 0.1) is 5.92 Å². The van der Waals surface area contributed by atoms with Crippen LogP contribution in [0.2, 0.25) is 0 Å². The molecule has 0 aliphatic carbocycles. The van der Waals surface area contributed by atoms with E-state index in [-0.39, 0.29) is 0 Å². The van der Waals surface area contributed by atoms with Crippen molar-refractivity contribution in [3.05, 3.63) is 12.2 Å². The Bertz CT molecular complexity index is 143. The third kappa shape index (κ3) is 7.29. The second kappa shape index (κ2) is 6.12. The Morgan fingerprint density at radius 2 is 2.27 bits per heavy atom. The van der Waals surface area contributed by atoms with E-state index in [1.807, 2.05) is 6.08 Å². The minimum Gasteiger partial charge on any atom is -0.358 e. The van der Waals surface area contributed by atoms with E-state index in [9.17, 15) is 0 Å². The minimum atomic E-state index is 0.471. The standard InChI is InChI=1S/C7H15N3S/c1-6(2)4-3-5-9-7(11)10-8/h3-4,6H,5,8H2,1-2H3,(H2,9,10,11)/b4-3+. The van der Waals surface area contributed by atoms with Crippen LogP contribution in [0.3, 0.4) is 0 Å². The third-order valence-electron chi connectivity index (χ3n) is 1.03. The van der Waals surface area contributed by atoms with Gasteiger partial charge in [-0.2, -0.15) is 0 Å². The van der Waals surface area contributed by atoms with Crippen molar-refractivity contribution in [3.63, 3.8) is 0 Å². The first-order valence-electron chi connectivity index (χ1n) is 3.58. The van der Waals surface area contributed by atoms with Crippen molar-refractivity contribution < 1.29 is 0 Å². The highest BCUT2D eigenvalue weighted by Crippen LogP contribution is 1.91. The highest BCUT2D eigenvalue weighted by Gasteiger charge is 1.86. The van der Waals surface area contributed by atoms with Gasteiger partial charge in [-0.15, -0.1) is 0 Å². The van der Waals surface area contributed by atoms with Crippen LogP contribution in [0.5, 0.6) is 0 Å². The highest BCUT2D eigenvalue weighted by atomic mass is 32.1. The third-order valence-corrected chi connectivity index (χ3v) is 1.29. The second-order valence-corrected chi connectivity index (χ2v) is 2.93. The van der Waals surface area contributed by atoms with Crippen LogP contribution in [0.4, 0.5) is 0 Å². The van der Waals surface area contributed by atoms with Crippen LogP contribution in [-0.4, -0.2) is 11.7 Å². The van der Waals surface area contributed by atoms with Gasteiger partial charge in [0.1, 0.15) is 0 Å². The molecule has 0 saturated carbocycles. The summed E-state index contributed by atoms with van der Waals surface area (Å²) in [5.74, 6) is 5.62. The number of hydrazine groups is 1. The van der Waals surface area contributed by atoms with Crippen molar-refractivity contribution in [3.8, 4) is 0 Å². The maximum Gasteiger partial charge on any atom is 0.180 e. The van der Waals surface area contributed by atoms with Gasteiger partial charge in [0.15, 0.2) is 5.11 Å². The predicted octanol–water partition coefficient (Wildman–Crippen LogP) is 0.536. The van der Waals surface area contributed by atoms with E-state index in [0.29, 0.717) is 11.0 Å². The molecule has 0 atom stereocenters. The summed E-state index contributed by atoms with van der Waals surface area (Å²) in [5.41, 5.74) is 2.34. The quantitative estimate of drug-likeness (QED) is 0.252. The molecule has 0 aliphatic rings. The van der Waals surface area contributed by atoms with Crippen molar-refractivity contribution in [2.45, 2.75) is 13.8 Å². The van der Waals surface area contributed by atoms with Crippen LogP contribution in [0.1, 0.15) is 13.8 Å². The van der Waals surface area contributed by atoms with Gasteiger partial charge in [0.2, 0.25) is 0 Å². The molecule has 0 spiro atoms.